The Labute approximate surface area is 123 Å². The van der Waals surface area contributed by atoms with E-state index in [0.717, 1.165) is 0 Å². The number of anilines is 1. The molecule has 1 aliphatic rings. The molecule has 0 saturated carbocycles. The number of carbonyl (C=O) groups is 2. The minimum absolute atomic E-state index is 0.0289. The Kier molecular flexibility index (Phi) is 4.16. The molecule has 1 aromatic carbocycles. The third-order valence-corrected chi connectivity index (χ3v) is 3.65. The van der Waals surface area contributed by atoms with E-state index in [1.807, 2.05) is 13.8 Å². The van der Waals surface area contributed by atoms with Crippen molar-refractivity contribution < 1.29 is 18.7 Å². The molecule has 0 radical (unpaired) electrons. The van der Waals surface area contributed by atoms with Crippen molar-refractivity contribution in [1.29, 1.82) is 0 Å². The van der Waals surface area contributed by atoms with Crippen molar-refractivity contribution in [2.45, 2.75) is 32.9 Å². The number of nitrogens with zero attached hydrogens (tertiary/aromatic N) is 1. The molecule has 114 valence electrons. The number of benzene rings is 1. The number of methoxy groups -OCH3 is 1. The van der Waals surface area contributed by atoms with Crippen LogP contribution >= 0.6 is 0 Å². The van der Waals surface area contributed by atoms with E-state index in [2.05, 4.69) is 5.32 Å². The second kappa shape index (κ2) is 5.71. The monoisotopic (exact) mass is 294 g/mol. The van der Waals surface area contributed by atoms with E-state index in [4.69, 9.17) is 4.74 Å². The van der Waals surface area contributed by atoms with Crippen molar-refractivity contribution in [3.8, 4) is 5.75 Å². The minimum Gasteiger partial charge on any atom is -0.494 e. The number of carbonyl (C=O) groups excluding carboxylic acids is 2. The number of rotatable bonds is 3. The normalized spacial score (nSPS) is 22.5. The highest BCUT2D eigenvalue weighted by atomic mass is 19.1. The van der Waals surface area contributed by atoms with Gasteiger partial charge in [0, 0.05) is 11.8 Å². The van der Waals surface area contributed by atoms with Crippen molar-refractivity contribution in [2.75, 3.05) is 12.0 Å². The molecule has 1 fully saturated rings. The van der Waals surface area contributed by atoms with Crippen LogP contribution in [0.25, 0.3) is 0 Å². The number of nitrogens with one attached hydrogen (secondary N) is 1. The second-order valence-electron chi connectivity index (χ2n) is 5.43. The van der Waals surface area contributed by atoms with Gasteiger partial charge in [-0.15, -0.1) is 0 Å². The number of hydrogen-bond acceptors (Lipinski definition) is 3. The van der Waals surface area contributed by atoms with Gasteiger partial charge < -0.3 is 10.1 Å². The molecule has 0 bridgehead atoms. The number of ether oxygens (including phenoxy) is 1. The molecule has 1 aliphatic heterocycles. The summed E-state index contributed by atoms with van der Waals surface area (Å²) in [4.78, 5) is 26.0. The molecule has 2 amide bonds. The molecular weight excluding hydrogens is 275 g/mol. The van der Waals surface area contributed by atoms with E-state index < -0.39 is 17.9 Å². The molecule has 6 heteroatoms. The van der Waals surface area contributed by atoms with Crippen LogP contribution in [0.1, 0.15) is 20.8 Å². The summed E-state index contributed by atoms with van der Waals surface area (Å²) in [5.74, 6) is -0.927. The number of amides is 2. The second-order valence-corrected chi connectivity index (χ2v) is 5.43. The quantitative estimate of drug-likeness (QED) is 0.923. The molecule has 21 heavy (non-hydrogen) atoms. The van der Waals surface area contributed by atoms with Crippen molar-refractivity contribution >= 4 is 17.5 Å². The van der Waals surface area contributed by atoms with Gasteiger partial charge in [0.2, 0.25) is 5.91 Å². The van der Waals surface area contributed by atoms with Crippen molar-refractivity contribution in [2.24, 2.45) is 5.92 Å². The lowest BCUT2D eigenvalue weighted by atomic mass is 9.97. The molecule has 1 N–H and O–H groups in total. The summed E-state index contributed by atoms with van der Waals surface area (Å²) in [5.41, 5.74) is 0.450. The molecular formula is C15H19FN2O3. The van der Waals surface area contributed by atoms with Gasteiger partial charge >= 0.3 is 0 Å². The summed E-state index contributed by atoms with van der Waals surface area (Å²) >= 11 is 0. The Morgan fingerprint density at radius 3 is 2.57 bits per heavy atom. The highest BCUT2D eigenvalue weighted by Crippen LogP contribution is 2.28. The van der Waals surface area contributed by atoms with Gasteiger partial charge in [-0.1, -0.05) is 13.8 Å². The Bertz CT molecular complexity index is 574. The van der Waals surface area contributed by atoms with Crippen LogP contribution in [0.5, 0.6) is 5.75 Å². The zero-order valence-electron chi connectivity index (χ0n) is 12.5. The molecule has 1 heterocycles. The van der Waals surface area contributed by atoms with Gasteiger partial charge in [0.15, 0.2) is 11.6 Å². The van der Waals surface area contributed by atoms with Crippen molar-refractivity contribution in [3.05, 3.63) is 24.0 Å². The van der Waals surface area contributed by atoms with Gasteiger partial charge in [0.25, 0.3) is 5.91 Å². The Morgan fingerprint density at radius 1 is 1.33 bits per heavy atom. The molecule has 0 aliphatic carbocycles. The van der Waals surface area contributed by atoms with Gasteiger partial charge in [-0.3, -0.25) is 14.5 Å². The molecule has 2 atom stereocenters. The molecule has 5 nitrogen and oxygen atoms in total. The third kappa shape index (κ3) is 2.70. The van der Waals surface area contributed by atoms with Crippen molar-refractivity contribution in [1.82, 2.24) is 5.32 Å². The molecule has 1 saturated heterocycles. The first kappa shape index (κ1) is 15.3. The van der Waals surface area contributed by atoms with E-state index in [1.165, 1.54) is 30.2 Å². The maximum absolute atomic E-state index is 13.5. The van der Waals surface area contributed by atoms with Crippen molar-refractivity contribution in [3.63, 3.8) is 0 Å². The van der Waals surface area contributed by atoms with Gasteiger partial charge in [0.1, 0.15) is 12.1 Å². The van der Waals surface area contributed by atoms with E-state index >= 15 is 0 Å². The smallest absolute Gasteiger partial charge is 0.250 e. The first-order valence-electron chi connectivity index (χ1n) is 6.83. The van der Waals surface area contributed by atoms with Crippen LogP contribution in [0.4, 0.5) is 10.1 Å². The van der Waals surface area contributed by atoms with Gasteiger partial charge in [-0.25, -0.2) is 4.39 Å². The van der Waals surface area contributed by atoms with Crippen LogP contribution in [0.3, 0.4) is 0 Å². The van der Waals surface area contributed by atoms with Gasteiger partial charge in [-0.05, 0) is 25.0 Å². The maximum Gasteiger partial charge on any atom is 0.250 e. The maximum atomic E-state index is 13.5. The number of hydrogen-bond donors (Lipinski definition) is 1. The van der Waals surface area contributed by atoms with E-state index in [9.17, 15) is 14.0 Å². The average molecular weight is 294 g/mol. The summed E-state index contributed by atoms with van der Waals surface area (Å²) in [5, 5.41) is 2.72. The molecule has 2 rings (SSSR count). The molecule has 0 aromatic heterocycles. The molecule has 1 aromatic rings. The summed E-state index contributed by atoms with van der Waals surface area (Å²) < 4.78 is 18.4. The lowest BCUT2D eigenvalue weighted by Crippen LogP contribution is -2.64. The largest absolute Gasteiger partial charge is 0.494 e. The van der Waals surface area contributed by atoms with Gasteiger partial charge in [0.05, 0.1) is 7.11 Å². The van der Waals surface area contributed by atoms with Crippen LogP contribution < -0.4 is 15.0 Å². The zero-order valence-corrected chi connectivity index (χ0v) is 12.5. The van der Waals surface area contributed by atoms with E-state index in [0.29, 0.717) is 5.69 Å². The lowest BCUT2D eigenvalue weighted by molar-refractivity contribution is -0.134. The summed E-state index contributed by atoms with van der Waals surface area (Å²) in [6.45, 7) is 5.37. The number of piperazine rings is 1. The minimum atomic E-state index is -0.650. The topological polar surface area (TPSA) is 58.6 Å². The predicted molar refractivity (Wildman–Crippen MR) is 76.7 cm³/mol. The fraction of sp³-hybridized carbons (Fsp3) is 0.467. The van der Waals surface area contributed by atoms with Crippen LogP contribution in [-0.4, -0.2) is 31.0 Å². The molecule has 0 spiro atoms. The van der Waals surface area contributed by atoms with E-state index in [-0.39, 0.29) is 23.5 Å². The van der Waals surface area contributed by atoms with E-state index in [1.54, 1.807) is 6.92 Å². The Morgan fingerprint density at radius 2 is 2.00 bits per heavy atom. The summed E-state index contributed by atoms with van der Waals surface area (Å²) in [6, 6.07) is 2.90. The molecule has 2 unspecified atom stereocenters. The van der Waals surface area contributed by atoms with Crippen LogP contribution in [0, 0.1) is 11.7 Å². The highest BCUT2D eigenvalue weighted by molar-refractivity contribution is 6.08. The van der Waals surface area contributed by atoms with Crippen LogP contribution in [0.2, 0.25) is 0 Å². The predicted octanol–water partition coefficient (Wildman–Crippen LogP) is 1.71. The number of halogens is 1. The Hall–Kier alpha value is -2.11. The standard InChI is InChI=1S/C15H19FN2O3/c1-8(2)13-15(20)18(9(3)14(19)17-13)10-5-6-11(16)12(7-10)21-4/h5-9,13H,1-4H3,(H,17,19). The average Bonchev–Trinajstić information content (AvgIpc) is 2.44. The summed E-state index contributed by atoms with van der Waals surface area (Å²) in [6.07, 6.45) is 0. The fourth-order valence-electron chi connectivity index (χ4n) is 2.39. The first-order chi connectivity index (χ1) is 9.86. The SMILES string of the molecule is COc1cc(N2C(=O)C(C(C)C)NC(=O)C2C)ccc1F. The third-order valence-electron chi connectivity index (χ3n) is 3.65. The zero-order chi connectivity index (χ0) is 15.7. The van der Waals surface area contributed by atoms with Gasteiger partial charge in [-0.2, -0.15) is 0 Å². The Balaban J connectivity index is 2.43. The summed E-state index contributed by atoms with van der Waals surface area (Å²) in [7, 11) is 1.35. The van der Waals surface area contributed by atoms with Crippen LogP contribution in [0.15, 0.2) is 18.2 Å². The lowest BCUT2D eigenvalue weighted by Gasteiger charge is -2.38. The fourth-order valence-corrected chi connectivity index (χ4v) is 2.39. The highest BCUT2D eigenvalue weighted by Gasteiger charge is 2.40. The van der Waals surface area contributed by atoms with Crippen LogP contribution in [-0.2, 0) is 9.59 Å². The first-order valence-corrected chi connectivity index (χ1v) is 6.83.